The van der Waals surface area contributed by atoms with Crippen LogP contribution in [-0.4, -0.2) is 23.9 Å². The van der Waals surface area contributed by atoms with Gasteiger partial charge < -0.3 is 15.0 Å². The Hall–Kier alpha value is -2.47. The van der Waals surface area contributed by atoms with E-state index in [1.807, 2.05) is 42.7 Å². The number of primary amides is 1. The summed E-state index contributed by atoms with van der Waals surface area (Å²) < 4.78 is 7.20. The Morgan fingerprint density at radius 2 is 2.14 bits per heavy atom. The van der Waals surface area contributed by atoms with Crippen LogP contribution in [-0.2, 0) is 0 Å². The molecule has 116 valence electrons. The van der Waals surface area contributed by atoms with Gasteiger partial charge in [0, 0.05) is 22.6 Å². The second kappa shape index (κ2) is 6.53. The standard InChI is InChI=1S/C15H17ClN4O2/c1-9-6-11(8-18-19-15(17)21)10(2)20(9)12-4-5-14(22-3)13(16)7-12/h4-8H,1-3H3,(H3,17,19,21)/b18-8+. The zero-order chi connectivity index (χ0) is 16.3. The molecule has 0 saturated heterocycles. The zero-order valence-electron chi connectivity index (χ0n) is 12.6. The number of nitrogens with zero attached hydrogens (tertiary/aromatic N) is 2. The Morgan fingerprint density at radius 1 is 1.41 bits per heavy atom. The van der Waals surface area contributed by atoms with Crippen molar-refractivity contribution in [2.75, 3.05) is 7.11 Å². The van der Waals surface area contributed by atoms with Crippen molar-refractivity contribution < 1.29 is 9.53 Å². The monoisotopic (exact) mass is 320 g/mol. The van der Waals surface area contributed by atoms with E-state index in [9.17, 15) is 4.79 Å². The summed E-state index contributed by atoms with van der Waals surface area (Å²) in [4.78, 5) is 10.6. The number of rotatable bonds is 4. The summed E-state index contributed by atoms with van der Waals surface area (Å²) in [5, 5.41) is 4.33. The van der Waals surface area contributed by atoms with Gasteiger partial charge in [0.1, 0.15) is 5.75 Å². The van der Waals surface area contributed by atoms with E-state index in [2.05, 4.69) is 10.5 Å². The predicted molar refractivity (Wildman–Crippen MR) is 87.1 cm³/mol. The van der Waals surface area contributed by atoms with Crippen LogP contribution in [0.25, 0.3) is 5.69 Å². The smallest absolute Gasteiger partial charge is 0.332 e. The molecule has 1 aromatic carbocycles. The van der Waals surface area contributed by atoms with E-state index >= 15 is 0 Å². The number of carbonyl (C=O) groups is 1. The van der Waals surface area contributed by atoms with Crippen LogP contribution in [0.5, 0.6) is 5.75 Å². The quantitative estimate of drug-likeness (QED) is 0.671. The van der Waals surface area contributed by atoms with Gasteiger partial charge in [0.25, 0.3) is 0 Å². The first-order valence-electron chi connectivity index (χ1n) is 6.55. The molecule has 22 heavy (non-hydrogen) atoms. The number of amides is 2. The number of aryl methyl sites for hydroxylation is 1. The van der Waals surface area contributed by atoms with Crippen molar-refractivity contribution in [2.45, 2.75) is 13.8 Å². The van der Waals surface area contributed by atoms with Crippen LogP contribution >= 0.6 is 11.6 Å². The molecule has 0 fully saturated rings. The van der Waals surface area contributed by atoms with Gasteiger partial charge in [-0.25, -0.2) is 10.2 Å². The second-order valence-electron chi connectivity index (χ2n) is 4.71. The summed E-state index contributed by atoms with van der Waals surface area (Å²) in [5.74, 6) is 0.625. The molecule has 0 aliphatic carbocycles. The van der Waals surface area contributed by atoms with E-state index < -0.39 is 6.03 Å². The number of nitrogens with two attached hydrogens (primary N) is 1. The molecule has 1 aromatic heterocycles. The minimum atomic E-state index is -0.702. The Labute approximate surface area is 133 Å². The van der Waals surface area contributed by atoms with Crippen LogP contribution in [0.1, 0.15) is 17.0 Å². The summed E-state index contributed by atoms with van der Waals surface area (Å²) >= 11 is 6.18. The van der Waals surface area contributed by atoms with Crippen molar-refractivity contribution >= 4 is 23.8 Å². The van der Waals surface area contributed by atoms with E-state index in [1.54, 1.807) is 13.3 Å². The molecule has 0 radical (unpaired) electrons. The first-order valence-corrected chi connectivity index (χ1v) is 6.93. The number of benzene rings is 1. The van der Waals surface area contributed by atoms with Crippen molar-refractivity contribution in [3.63, 3.8) is 0 Å². The van der Waals surface area contributed by atoms with Crippen molar-refractivity contribution in [3.8, 4) is 11.4 Å². The normalized spacial score (nSPS) is 10.9. The van der Waals surface area contributed by atoms with E-state index in [-0.39, 0.29) is 0 Å². The van der Waals surface area contributed by atoms with Gasteiger partial charge in [-0.3, -0.25) is 0 Å². The highest BCUT2D eigenvalue weighted by Gasteiger charge is 2.11. The fourth-order valence-electron chi connectivity index (χ4n) is 2.28. The SMILES string of the molecule is COc1ccc(-n2c(C)cc(/C=N/NC(N)=O)c2C)cc1Cl. The Balaban J connectivity index is 2.40. The van der Waals surface area contributed by atoms with Crippen LogP contribution < -0.4 is 15.9 Å². The van der Waals surface area contributed by atoms with Crippen LogP contribution in [0.3, 0.4) is 0 Å². The molecule has 0 aliphatic heterocycles. The van der Waals surface area contributed by atoms with Gasteiger partial charge in [-0.1, -0.05) is 11.6 Å². The van der Waals surface area contributed by atoms with E-state index in [0.29, 0.717) is 10.8 Å². The molecule has 0 atom stereocenters. The molecule has 0 spiro atoms. The number of nitrogens with one attached hydrogen (secondary N) is 1. The average molecular weight is 321 g/mol. The van der Waals surface area contributed by atoms with Crippen molar-refractivity contribution in [1.82, 2.24) is 9.99 Å². The molecule has 2 amide bonds. The Kier molecular flexibility index (Phi) is 4.72. The molecule has 3 N–H and O–H groups in total. The van der Waals surface area contributed by atoms with Crippen molar-refractivity contribution in [1.29, 1.82) is 0 Å². The molecule has 0 bridgehead atoms. The number of ether oxygens (including phenoxy) is 1. The Morgan fingerprint density at radius 3 is 2.73 bits per heavy atom. The maximum atomic E-state index is 10.6. The van der Waals surface area contributed by atoms with Gasteiger partial charge >= 0.3 is 6.03 Å². The molecule has 2 rings (SSSR count). The summed E-state index contributed by atoms with van der Waals surface area (Å²) in [5.41, 5.74) is 10.9. The lowest BCUT2D eigenvalue weighted by Gasteiger charge is -2.11. The van der Waals surface area contributed by atoms with Gasteiger partial charge in [-0.15, -0.1) is 0 Å². The van der Waals surface area contributed by atoms with E-state index in [4.69, 9.17) is 22.1 Å². The van der Waals surface area contributed by atoms with Crippen molar-refractivity contribution in [3.05, 3.63) is 46.2 Å². The number of halogens is 1. The molecule has 0 aliphatic rings. The minimum Gasteiger partial charge on any atom is -0.495 e. The average Bonchev–Trinajstić information content (AvgIpc) is 2.73. The molecule has 0 unspecified atom stereocenters. The van der Waals surface area contributed by atoms with Gasteiger partial charge in [-0.2, -0.15) is 5.10 Å². The zero-order valence-corrected chi connectivity index (χ0v) is 13.3. The highest BCUT2D eigenvalue weighted by atomic mass is 35.5. The Bertz CT molecular complexity index is 737. The lowest BCUT2D eigenvalue weighted by molar-refractivity contribution is 0.249. The number of carbonyl (C=O) groups excluding carboxylic acids is 1. The first kappa shape index (κ1) is 15.9. The summed E-state index contributed by atoms with van der Waals surface area (Å²) in [6.07, 6.45) is 1.55. The minimum absolute atomic E-state index is 0.540. The number of hydrogen-bond acceptors (Lipinski definition) is 3. The number of urea groups is 1. The third kappa shape index (κ3) is 3.23. The summed E-state index contributed by atoms with van der Waals surface area (Å²) in [7, 11) is 1.58. The van der Waals surface area contributed by atoms with Gasteiger partial charge in [-0.05, 0) is 38.1 Å². The lowest BCUT2D eigenvalue weighted by Crippen LogP contribution is -2.24. The fraction of sp³-hybridized carbons (Fsp3) is 0.200. The third-order valence-electron chi connectivity index (χ3n) is 3.24. The number of aromatic nitrogens is 1. The number of methoxy groups -OCH3 is 1. The lowest BCUT2D eigenvalue weighted by atomic mass is 10.2. The first-order chi connectivity index (χ1) is 10.4. The van der Waals surface area contributed by atoms with Crippen LogP contribution in [0.15, 0.2) is 29.4 Å². The largest absolute Gasteiger partial charge is 0.495 e. The summed E-state index contributed by atoms with van der Waals surface area (Å²) in [6.45, 7) is 3.93. The third-order valence-corrected chi connectivity index (χ3v) is 3.54. The highest BCUT2D eigenvalue weighted by molar-refractivity contribution is 6.32. The molecule has 7 heteroatoms. The molecule has 0 saturated carbocycles. The van der Waals surface area contributed by atoms with E-state index in [0.717, 1.165) is 22.6 Å². The van der Waals surface area contributed by atoms with Crippen LogP contribution in [0.4, 0.5) is 4.79 Å². The van der Waals surface area contributed by atoms with Gasteiger partial charge in [0.05, 0.1) is 18.3 Å². The maximum absolute atomic E-state index is 10.6. The fourth-order valence-corrected chi connectivity index (χ4v) is 2.53. The van der Waals surface area contributed by atoms with Crippen LogP contribution in [0.2, 0.25) is 5.02 Å². The molecule has 1 heterocycles. The topological polar surface area (TPSA) is 81.6 Å². The second-order valence-corrected chi connectivity index (χ2v) is 5.12. The van der Waals surface area contributed by atoms with E-state index in [1.165, 1.54) is 0 Å². The molecule has 6 nitrogen and oxygen atoms in total. The predicted octanol–water partition coefficient (Wildman–Crippen LogP) is 2.76. The maximum Gasteiger partial charge on any atom is 0.332 e. The van der Waals surface area contributed by atoms with Gasteiger partial charge in [0.15, 0.2) is 0 Å². The number of hydrazone groups is 1. The number of hydrogen-bond donors (Lipinski definition) is 2. The summed E-state index contributed by atoms with van der Waals surface area (Å²) in [6, 6.07) is 6.83. The molecular formula is C15H17ClN4O2. The highest BCUT2D eigenvalue weighted by Crippen LogP contribution is 2.28. The van der Waals surface area contributed by atoms with Crippen molar-refractivity contribution in [2.24, 2.45) is 10.8 Å². The van der Waals surface area contributed by atoms with Crippen LogP contribution in [0, 0.1) is 13.8 Å². The van der Waals surface area contributed by atoms with Gasteiger partial charge in [0.2, 0.25) is 0 Å². The molecular weight excluding hydrogens is 304 g/mol. The molecule has 2 aromatic rings.